The Hall–Kier alpha value is -2.71. The number of hydrogen-bond acceptors (Lipinski definition) is 7. The molecule has 2 aliphatic heterocycles. The van der Waals surface area contributed by atoms with Gasteiger partial charge in [0.25, 0.3) is 0 Å². The molecule has 30 heavy (non-hydrogen) atoms. The highest BCUT2D eigenvalue weighted by atomic mass is 16.5. The van der Waals surface area contributed by atoms with Crippen LogP contribution in [0.4, 0.5) is 17.3 Å². The molecule has 3 heterocycles. The van der Waals surface area contributed by atoms with Gasteiger partial charge in [0.1, 0.15) is 18.0 Å². The molecule has 0 unspecified atom stereocenters. The number of carbonyl (C=O) groups excluding carboxylic acids is 1. The lowest BCUT2D eigenvalue weighted by Gasteiger charge is -2.35. The van der Waals surface area contributed by atoms with Crippen LogP contribution in [0.2, 0.25) is 0 Å². The van der Waals surface area contributed by atoms with Gasteiger partial charge in [-0.3, -0.25) is 9.69 Å². The van der Waals surface area contributed by atoms with E-state index in [4.69, 9.17) is 4.74 Å². The van der Waals surface area contributed by atoms with E-state index in [9.17, 15) is 4.79 Å². The molecule has 0 aliphatic carbocycles. The summed E-state index contributed by atoms with van der Waals surface area (Å²) in [5.74, 6) is 1.94. The number of hydrogen-bond donors (Lipinski definition) is 1. The van der Waals surface area contributed by atoms with Gasteiger partial charge in [-0.05, 0) is 31.0 Å². The van der Waals surface area contributed by atoms with Crippen molar-refractivity contribution in [2.24, 2.45) is 0 Å². The quantitative estimate of drug-likeness (QED) is 0.804. The smallest absolute Gasteiger partial charge is 0.238 e. The molecule has 0 spiro atoms. The first kappa shape index (κ1) is 20.6. The second-order valence-corrected chi connectivity index (χ2v) is 7.89. The van der Waals surface area contributed by atoms with Crippen LogP contribution in [0.15, 0.2) is 30.6 Å². The first-order valence-corrected chi connectivity index (χ1v) is 10.6. The highest BCUT2D eigenvalue weighted by Gasteiger charge is 2.21. The predicted molar refractivity (Wildman–Crippen MR) is 118 cm³/mol. The number of piperazine rings is 1. The topological polar surface area (TPSA) is 73.8 Å². The molecule has 2 aliphatic rings. The molecule has 0 saturated carbocycles. The van der Waals surface area contributed by atoms with E-state index in [0.717, 1.165) is 75.4 Å². The normalized spacial score (nSPS) is 17.8. The van der Waals surface area contributed by atoms with Crippen LogP contribution in [-0.2, 0) is 9.53 Å². The van der Waals surface area contributed by atoms with Crippen LogP contribution < -0.4 is 15.1 Å². The molecule has 2 fully saturated rings. The van der Waals surface area contributed by atoms with Crippen molar-refractivity contribution in [3.8, 4) is 0 Å². The van der Waals surface area contributed by atoms with Gasteiger partial charge in [-0.25, -0.2) is 9.97 Å². The Morgan fingerprint density at radius 3 is 2.37 bits per heavy atom. The lowest BCUT2D eigenvalue weighted by atomic mass is 10.1. The number of amides is 1. The van der Waals surface area contributed by atoms with E-state index in [-0.39, 0.29) is 5.91 Å². The number of morpholine rings is 1. The average molecular weight is 411 g/mol. The van der Waals surface area contributed by atoms with Gasteiger partial charge in [-0.15, -0.1) is 0 Å². The zero-order valence-electron chi connectivity index (χ0n) is 17.8. The summed E-state index contributed by atoms with van der Waals surface area (Å²) in [5.41, 5.74) is 3.20. The summed E-state index contributed by atoms with van der Waals surface area (Å²) in [5, 5.41) is 3.05. The van der Waals surface area contributed by atoms with Gasteiger partial charge in [-0.1, -0.05) is 12.1 Å². The standard InChI is InChI=1S/C22H30N6O2/c1-17-4-3-5-19(18(17)2)25-22(29)15-26-6-8-27(9-7-26)20-14-21(24-16-23-20)28-10-12-30-13-11-28/h3-5,14,16H,6-13,15H2,1-2H3,(H,25,29). The number of aryl methyl sites for hydroxylation is 1. The number of nitrogens with zero attached hydrogens (tertiary/aromatic N) is 5. The number of ether oxygens (including phenoxy) is 1. The molecule has 8 heteroatoms. The molecular weight excluding hydrogens is 380 g/mol. The minimum Gasteiger partial charge on any atom is -0.378 e. The summed E-state index contributed by atoms with van der Waals surface area (Å²) >= 11 is 0. The molecule has 4 rings (SSSR count). The second kappa shape index (κ2) is 9.40. The Bertz CT molecular complexity index is 876. The highest BCUT2D eigenvalue weighted by Crippen LogP contribution is 2.20. The highest BCUT2D eigenvalue weighted by molar-refractivity contribution is 5.93. The first-order chi connectivity index (χ1) is 14.6. The summed E-state index contributed by atoms with van der Waals surface area (Å²) in [6, 6.07) is 8.05. The van der Waals surface area contributed by atoms with Gasteiger partial charge in [-0.2, -0.15) is 0 Å². The van der Waals surface area contributed by atoms with Crippen molar-refractivity contribution in [2.45, 2.75) is 13.8 Å². The summed E-state index contributed by atoms with van der Waals surface area (Å²) in [6.45, 7) is 11.0. The van der Waals surface area contributed by atoms with Crippen LogP contribution >= 0.6 is 0 Å². The lowest BCUT2D eigenvalue weighted by molar-refractivity contribution is -0.117. The summed E-state index contributed by atoms with van der Waals surface area (Å²) in [6.07, 6.45) is 1.64. The maximum atomic E-state index is 12.5. The van der Waals surface area contributed by atoms with Crippen LogP contribution in [0, 0.1) is 13.8 Å². The van der Waals surface area contributed by atoms with E-state index in [1.807, 2.05) is 19.1 Å². The Morgan fingerprint density at radius 1 is 1.00 bits per heavy atom. The number of rotatable bonds is 5. The molecule has 1 amide bonds. The van der Waals surface area contributed by atoms with E-state index in [0.29, 0.717) is 6.54 Å². The molecule has 2 saturated heterocycles. The van der Waals surface area contributed by atoms with Gasteiger partial charge in [0.15, 0.2) is 0 Å². The van der Waals surface area contributed by atoms with Crippen LogP contribution in [0.3, 0.4) is 0 Å². The van der Waals surface area contributed by atoms with E-state index < -0.39 is 0 Å². The molecule has 160 valence electrons. The number of anilines is 3. The fourth-order valence-corrected chi connectivity index (χ4v) is 3.89. The minimum absolute atomic E-state index is 0.0359. The van der Waals surface area contributed by atoms with E-state index in [1.165, 1.54) is 5.56 Å². The summed E-state index contributed by atoms with van der Waals surface area (Å²) in [4.78, 5) is 28.1. The number of aromatic nitrogens is 2. The largest absolute Gasteiger partial charge is 0.378 e. The van der Waals surface area contributed by atoms with Gasteiger partial charge < -0.3 is 19.9 Å². The maximum Gasteiger partial charge on any atom is 0.238 e. The van der Waals surface area contributed by atoms with E-state index in [1.54, 1.807) is 6.33 Å². The molecule has 0 radical (unpaired) electrons. The summed E-state index contributed by atoms with van der Waals surface area (Å²) in [7, 11) is 0. The number of nitrogens with one attached hydrogen (secondary N) is 1. The molecule has 1 aromatic heterocycles. The lowest BCUT2D eigenvalue weighted by Crippen LogP contribution is -2.49. The molecule has 8 nitrogen and oxygen atoms in total. The van der Waals surface area contributed by atoms with Crippen LogP contribution in [-0.4, -0.2) is 79.8 Å². The Kier molecular flexibility index (Phi) is 6.44. The monoisotopic (exact) mass is 410 g/mol. The maximum absolute atomic E-state index is 12.5. The molecule has 1 aromatic carbocycles. The SMILES string of the molecule is Cc1cccc(NC(=O)CN2CCN(c3cc(N4CCOCC4)ncn3)CC2)c1C. The predicted octanol–water partition coefficient (Wildman–Crippen LogP) is 1.69. The van der Waals surface area contributed by atoms with Crippen molar-refractivity contribution in [1.29, 1.82) is 0 Å². The molecule has 0 bridgehead atoms. The number of carbonyl (C=O) groups is 1. The molecule has 2 aromatic rings. The van der Waals surface area contributed by atoms with Crippen molar-refractivity contribution in [2.75, 3.05) is 74.1 Å². The van der Waals surface area contributed by atoms with Crippen LogP contribution in [0.25, 0.3) is 0 Å². The van der Waals surface area contributed by atoms with Gasteiger partial charge in [0.2, 0.25) is 5.91 Å². The fourth-order valence-electron chi connectivity index (χ4n) is 3.89. The number of benzene rings is 1. The van der Waals surface area contributed by atoms with Crippen molar-refractivity contribution < 1.29 is 9.53 Å². The third-order valence-electron chi connectivity index (χ3n) is 5.92. The molecular formula is C22H30N6O2. The van der Waals surface area contributed by atoms with Crippen molar-refractivity contribution in [3.05, 3.63) is 41.7 Å². The van der Waals surface area contributed by atoms with Crippen LogP contribution in [0.1, 0.15) is 11.1 Å². The third-order valence-corrected chi connectivity index (χ3v) is 5.92. The van der Waals surface area contributed by atoms with Crippen molar-refractivity contribution in [3.63, 3.8) is 0 Å². The fraction of sp³-hybridized carbons (Fsp3) is 0.500. The molecule has 0 atom stereocenters. The van der Waals surface area contributed by atoms with Crippen LogP contribution in [0.5, 0.6) is 0 Å². The second-order valence-electron chi connectivity index (χ2n) is 7.89. The Morgan fingerprint density at radius 2 is 1.67 bits per heavy atom. The Labute approximate surface area is 177 Å². The minimum atomic E-state index is 0.0359. The van der Waals surface area contributed by atoms with Gasteiger partial charge in [0.05, 0.1) is 19.8 Å². The first-order valence-electron chi connectivity index (χ1n) is 10.6. The van der Waals surface area contributed by atoms with Gasteiger partial charge >= 0.3 is 0 Å². The molecule has 1 N–H and O–H groups in total. The third kappa shape index (κ3) is 4.88. The summed E-state index contributed by atoms with van der Waals surface area (Å²) < 4.78 is 5.43. The van der Waals surface area contributed by atoms with Crippen molar-refractivity contribution >= 4 is 23.2 Å². The average Bonchev–Trinajstić information content (AvgIpc) is 2.78. The van der Waals surface area contributed by atoms with Gasteiger partial charge in [0, 0.05) is 51.0 Å². The zero-order chi connectivity index (χ0) is 20.9. The van der Waals surface area contributed by atoms with E-state index in [2.05, 4.69) is 49.0 Å². The zero-order valence-corrected chi connectivity index (χ0v) is 17.8. The van der Waals surface area contributed by atoms with Crippen molar-refractivity contribution in [1.82, 2.24) is 14.9 Å². The van der Waals surface area contributed by atoms with E-state index >= 15 is 0 Å². The Balaban J connectivity index is 1.29.